The molecule has 0 bridgehead atoms. The molecular formula is C32H36N2O6S. The van der Waals surface area contributed by atoms with E-state index >= 15 is 0 Å². The second-order valence-corrected chi connectivity index (χ2v) is 11.9. The minimum absolute atomic E-state index is 0.0142. The van der Waals surface area contributed by atoms with Crippen LogP contribution in [0.4, 0.5) is 5.69 Å². The maximum atomic E-state index is 13.0. The minimum Gasteiger partial charge on any atom is -0.493 e. The molecule has 4 aromatic rings. The van der Waals surface area contributed by atoms with Gasteiger partial charge in [0.1, 0.15) is 16.4 Å². The fourth-order valence-corrected chi connectivity index (χ4v) is 5.81. The molecule has 0 spiro atoms. The standard InChI is InChI=1S/C32H36N2O6S/c1-23-8-6-9-30(32(23)40-31-10-4-5-19-38-31)41(35,36)39-21-7-20-37-27-17-13-25-14-18-28(33-29(25)22-27)24-11-15-26(16-12-24)34(2)3/h6,8-9,11-18,22,31H,4-5,7,10,19-21H2,1-3H3. The third-order valence-electron chi connectivity index (χ3n) is 6.97. The predicted octanol–water partition coefficient (Wildman–Crippen LogP) is 6.36. The van der Waals surface area contributed by atoms with Gasteiger partial charge in [0.25, 0.3) is 0 Å². The van der Waals surface area contributed by atoms with Crippen LogP contribution in [0.5, 0.6) is 11.5 Å². The molecule has 8 nitrogen and oxygen atoms in total. The van der Waals surface area contributed by atoms with Crippen molar-refractivity contribution in [2.45, 2.75) is 43.8 Å². The van der Waals surface area contributed by atoms with Crippen molar-refractivity contribution < 1.29 is 26.8 Å². The smallest absolute Gasteiger partial charge is 0.300 e. The van der Waals surface area contributed by atoms with Crippen LogP contribution in [0, 0.1) is 6.92 Å². The number of hydrogen-bond acceptors (Lipinski definition) is 8. The van der Waals surface area contributed by atoms with Crippen molar-refractivity contribution in [1.82, 2.24) is 4.98 Å². The van der Waals surface area contributed by atoms with E-state index in [9.17, 15) is 8.42 Å². The normalized spacial score (nSPS) is 15.5. The average Bonchev–Trinajstić information content (AvgIpc) is 2.98. The molecule has 1 aliphatic rings. The molecule has 1 aliphatic heterocycles. The molecule has 9 heteroatoms. The van der Waals surface area contributed by atoms with Crippen LogP contribution in [-0.4, -0.2) is 53.6 Å². The third-order valence-corrected chi connectivity index (χ3v) is 8.31. The summed E-state index contributed by atoms with van der Waals surface area (Å²) in [5.74, 6) is 0.946. The van der Waals surface area contributed by atoms with E-state index in [0.29, 0.717) is 30.9 Å². The summed E-state index contributed by atoms with van der Waals surface area (Å²) >= 11 is 0. The Morgan fingerprint density at radius 1 is 0.976 bits per heavy atom. The van der Waals surface area contributed by atoms with Crippen LogP contribution in [0.2, 0.25) is 0 Å². The summed E-state index contributed by atoms with van der Waals surface area (Å²) in [6, 6.07) is 23.1. The van der Waals surface area contributed by atoms with Gasteiger partial charge in [-0.05, 0) is 61.7 Å². The summed E-state index contributed by atoms with van der Waals surface area (Å²) < 4.78 is 48.9. The van der Waals surface area contributed by atoms with Crippen molar-refractivity contribution in [3.63, 3.8) is 0 Å². The first kappa shape index (κ1) is 28.9. The lowest BCUT2D eigenvalue weighted by Crippen LogP contribution is -2.26. The Hall–Kier alpha value is -3.66. The topological polar surface area (TPSA) is 87.2 Å². The Balaban J connectivity index is 1.18. The number of fused-ring (bicyclic) bond motifs is 1. The molecule has 0 N–H and O–H groups in total. The summed E-state index contributed by atoms with van der Waals surface area (Å²) in [5, 5.41) is 1.01. The third kappa shape index (κ3) is 7.16. The van der Waals surface area contributed by atoms with Crippen LogP contribution in [0.3, 0.4) is 0 Å². The zero-order chi connectivity index (χ0) is 28.8. The van der Waals surface area contributed by atoms with Crippen molar-refractivity contribution >= 4 is 26.7 Å². The van der Waals surface area contributed by atoms with E-state index in [2.05, 4.69) is 29.2 Å². The second-order valence-electron chi connectivity index (χ2n) is 10.3. The highest BCUT2D eigenvalue weighted by Gasteiger charge is 2.25. The highest BCUT2D eigenvalue weighted by Crippen LogP contribution is 2.32. The number of rotatable bonds is 11. The lowest BCUT2D eigenvalue weighted by atomic mass is 10.1. The van der Waals surface area contributed by atoms with Crippen molar-refractivity contribution in [3.05, 3.63) is 78.4 Å². The number of anilines is 1. The zero-order valence-corrected chi connectivity index (χ0v) is 24.5. The van der Waals surface area contributed by atoms with Crippen molar-refractivity contribution in [2.24, 2.45) is 0 Å². The zero-order valence-electron chi connectivity index (χ0n) is 23.7. The largest absolute Gasteiger partial charge is 0.493 e. The molecule has 41 heavy (non-hydrogen) atoms. The molecule has 2 heterocycles. The molecule has 3 aromatic carbocycles. The lowest BCUT2D eigenvalue weighted by Gasteiger charge is -2.25. The summed E-state index contributed by atoms with van der Waals surface area (Å²) in [7, 11) is 0.000902. The van der Waals surface area contributed by atoms with Gasteiger partial charge in [0, 0.05) is 49.6 Å². The minimum atomic E-state index is -4.03. The Bertz CT molecular complexity index is 1580. The van der Waals surface area contributed by atoms with E-state index in [1.807, 2.05) is 57.4 Å². The Morgan fingerprint density at radius 2 is 1.78 bits per heavy atom. The SMILES string of the molecule is Cc1cccc(S(=O)(=O)OCCCOc2ccc3ccc(-c4ccc(N(C)C)cc4)nc3c2)c1OC1CCCCO1. The van der Waals surface area contributed by atoms with Crippen LogP contribution in [-0.2, 0) is 19.0 Å². The highest BCUT2D eigenvalue weighted by atomic mass is 32.2. The van der Waals surface area contributed by atoms with Crippen molar-refractivity contribution in [1.29, 1.82) is 0 Å². The maximum absolute atomic E-state index is 13.0. The predicted molar refractivity (Wildman–Crippen MR) is 160 cm³/mol. The number of ether oxygens (including phenoxy) is 3. The van der Waals surface area contributed by atoms with Crippen LogP contribution in [0.15, 0.2) is 77.7 Å². The van der Waals surface area contributed by atoms with E-state index < -0.39 is 16.4 Å². The Kier molecular flexibility index (Phi) is 9.07. The van der Waals surface area contributed by atoms with Crippen LogP contribution < -0.4 is 14.4 Å². The number of nitrogens with zero attached hydrogens (tertiary/aromatic N) is 2. The van der Waals surface area contributed by atoms with Gasteiger partial charge < -0.3 is 19.1 Å². The molecule has 1 aromatic heterocycles. The maximum Gasteiger partial charge on any atom is 0.300 e. The number of hydrogen-bond donors (Lipinski definition) is 0. The van der Waals surface area contributed by atoms with E-state index in [1.54, 1.807) is 6.07 Å². The van der Waals surface area contributed by atoms with Gasteiger partial charge in [0.05, 0.1) is 31.0 Å². The monoisotopic (exact) mass is 576 g/mol. The molecule has 1 saturated heterocycles. The second kappa shape index (κ2) is 12.9. The number of para-hydroxylation sites is 1. The van der Waals surface area contributed by atoms with Gasteiger partial charge in [-0.3, -0.25) is 4.18 Å². The Labute approximate surface area is 242 Å². The van der Waals surface area contributed by atoms with E-state index in [0.717, 1.165) is 47.1 Å². The fraction of sp³-hybridized carbons (Fsp3) is 0.344. The van der Waals surface area contributed by atoms with Gasteiger partial charge in [-0.2, -0.15) is 8.42 Å². The molecular weight excluding hydrogens is 540 g/mol. The molecule has 216 valence electrons. The first-order valence-corrected chi connectivity index (χ1v) is 15.3. The molecule has 1 atom stereocenters. The molecule has 0 radical (unpaired) electrons. The molecule has 0 saturated carbocycles. The van der Waals surface area contributed by atoms with Gasteiger partial charge in [0.2, 0.25) is 0 Å². The molecule has 1 fully saturated rings. The van der Waals surface area contributed by atoms with E-state index in [4.69, 9.17) is 23.4 Å². The quantitative estimate of drug-likeness (QED) is 0.151. The average molecular weight is 577 g/mol. The molecule has 0 amide bonds. The van der Waals surface area contributed by atoms with Gasteiger partial charge >= 0.3 is 10.1 Å². The number of pyridine rings is 1. The van der Waals surface area contributed by atoms with Crippen LogP contribution in [0.1, 0.15) is 31.2 Å². The van der Waals surface area contributed by atoms with Gasteiger partial charge in [-0.15, -0.1) is 0 Å². The van der Waals surface area contributed by atoms with Gasteiger partial charge in [0.15, 0.2) is 6.29 Å². The number of aromatic nitrogens is 1. The first-order chi connectivity index (χ1) is 19.8. The number of aryl methyl sites for hydroxylation is 1. The first-order valence-electron chi connectivity index (χ1n) is 13.9. The van der Waals surface area contributed by atoms with Crippen molar-refractivity contribution in [3.8, 4) is 22.8 Å². The van der Waals surface area contributed by atoms with Crippen LogP contribution in [0.25, 0.3) is 22.2 Å². The summed E-state index contributed by atoms with van der Waals surface area (Å²) in [6.45, 7) is 2.69. The number of benzene rings is 3. The molecule has 0 aliphatic carbocycles. The molecule has 5 rings (SSSR count). The van der Waals surface area contributed by atoms with Gasteiger partial charge in [-0.1, -0.05) is 30.3 Å². The summed E-state index contributed by atoms with van der Waals surface area (Å²) in [6.07, 6.45) is 2.61. The van der Waals surface area contributed by atoms with Crippen LogP contribution >= 0.6 is 0 Å². The van der Waals surface area contributed by atoms with Gasteiger partial charge in [-0.25, -0.2) is 4.98 Å². The van der Waals surface area contributed by atoms with Crippen molar-refractivity contribution in [2.75, 3.05) is 38.8 Å². The molecule has 1 unspecified atom stereocenters. The summed E-state index contributed by atoms with van der Waals surface area (Å²) in [4.78, 5) is 6.90. The Morgan fingerprint density at radius 3 is 2.54 bits per heavy atom. The van der Waals surface area contributed by atoms with E-state index in [-0.39, 0.29) is 17.3 Å². The van der Waals surface area contributed by atoms with E-state index in [1.165, 1.54) is 6.07 Å². The highest BCUT2D eigenvalue weighted by molar-refractivity contribution is 7.86. The lowest BCUT2D eigenvalue weighted by molar-refractivity contribution is -0.107. The fourth-order valence-electron chi connectivity index (χ4n) is 4.67. The summed E-state index contributed by atoms with van der Waals surface area (Å²) in [5.41, 5.74) is 4.59.